The molecule has 0 heterocycles. The van der Waals surface area contributed by atoms with Crippen LogP contribution in [0.1, 0.15) is 46.5 Å². The van der Waals surface area contributed by atoms with Gasteiger partial charge in [0.05, 0.1) is 19.4 Å². The van der Waals surface area contributed by atoms with Gasteiger partial charge in [-0.05, 0) is 19.3 Å². The van der Waals surface area contributed by atoms with E-state index in [2.05, 4.69) is 4.74 Å². The summed E-state index contributed by atoms with van der Waals surface area (Å²) in [5.41, 5.74) is 0. The van der Waals surface area contributed by atoms with Crippen LogP contribution in [-0.4, -0.2) is 37.6 Å². The molecule has 0 amide bonds. The number of ether oxygens (including phenoxy) is 1. The van der Waals surface area contributed by atoms with Crippen molar-refractivity contribution < 1.29 is 36.3 Å². The Hall–Kier alpha value is -0.590. The highest BCUT2D eigenvalue weighted by molar-refractivity contribution is 7.53. The van der Waals surface area contributed by atoms with Gasteiger partial charge in [-0.1, -0.05) is 20.8 Å². The van der Waals surface area contributed by atoms with Gasteiger partial charge in [0.15, 0.2) is 0 Å². The summed E-state index contributed by atoms with van der Waals surface area (Å²) in [6.07, 6.45) is -7.17. The third kappa shape index (κ3) is 8.76. The van der Waals surface area contributed by atoms with Crippen molar-refractivity contribution >= 4 is 13.6 Å². The van der Waals surface area contributed by atoms with Gasteiger partial charge < -0.3 is 13.8 Å². The Morgan fingerprint density at radius 1 is 1.05 bits per heavy atom. The highest BCUT2D eigenvalue weighted by Gasteiger charge is 2.47. The molecule has 0 N–H and O–H groups in total. The van der Waals surface area contributed by atoms with Crippen molar-refractivity contribution in [3.05, 3.63) is 0 Å². The number of hydrogen-bond acceptors (Lipinski definition) is 5. The number of carbonyl (C=O) groups is 1. The second-order valence-electron chi connectivity index (χ2n) is 4.73. The number of halogens is 3. The molecule has 22 heavy (non-hydrogen) atoms. The van der Waals surface area contributed by atoms with Crippen LogP contribution >= 0.6 is 7.60 Å². The molecule has 0 aliphatic heterocycles. The molecule has 0 aliphatic carbocycles. The van der Waals surface area contributed by atoms with E-state index in [0.29, 0.717) is 19.3 Å². The Labute approximate surface area is 129 Å². The molecule has 0 rings (SSSR count). The molecule has 0 aromatic carbocycles. The molecule has 0 saturated carbocycles. The van der Waals surface area contributed by atoms with Crippen molar-refractivity contribution in [2.75, 3.05) is 19.4 Å². The summed E-state index contributed by atoms with van der Waals surface area (Å²) in [4.78, 5) is 11.3. The SMILES string of the molecule is CCCOP(=O)(CC(OC(=O)CCC)C(F)(F)F)OCCC. The Morgan fingerprint density at radius 3 is 1.91 bits per heavy atom. The minimum absolute atomic E-state index is 0.00841. The van der Waals surface area contributed by atoms with Crippen LogP contribution < -0.4 is 0 Å². The van der Waals surface area contributed by atoms with E-state index in [1.165, 1.54) is 0 Å². The van der Waals surface area contributed by atoms with Gasteiger partial charge in [0.2, 0.25) is 6.10 Å². The largest absolute Gasteiger partial charge is 0.452 e. The number of esters is 1. The summed E-state index contributed by atoms with van der Waals surface area (Å²) in [6.45, 7) is 5.12. The third-order valence-corrected chi connectivity index (χ3v) is 4.40. The van der Waals surface area contributed by atoms with E-state index < -0.39 is 32.0 Å². The molecule has 132 valence electrons. The van der Waals surface area contributed by atoms with E-state index in [-0.39, 0.29) is 19.6 Å². The third-order valence-electron chi connectivity index (χ3n) is 2.47. The molecule has 0 aromatic heterocycles. The molecule has 9 heteroatoms. The molecule has 0 aliphatic rings. The van der Waals surface area contributed by atoms with Crippen molar-refractivity contribution in [2.45, 2.75) is 58.7 Å². The van der Waals surface area contributed by atoms with Gasteiger partial charge >= 0.3 is 19.7 Å². The first-order valence-corrected chi connectivity index (χ1v) is 9.05. The second-order valence-corrected chi connectivity index (χ2v) is 6.83. The number of carbonyl (C=O) groups excluding carboxylic acids is 1. The molecule has 0 spiro atoms. The number of rotatable bonds is 11. The predicted molar refractivity (Wildman–Crippen MR) is 75.8 cm³/mol. The zero-order chi connectivity index (χ0) is 17.2. The summed E-state index contributed by atoms with van der Waals surface area (Å²) >= 11 is 0. The first-order chi connectivity index (χ1) is 10.2. The average molecular weight is 348 g/mol. The van der Waals surface area contributed by atoms with E-state index in [1.54, 1.807) is 20.8 Å². The summed E-state index contributed by atoms with van der Waals surface area (Å²) in [7, 11) is -3.98. The fourth-order valence-electron chi connectivity index (χ4n) is 1.44. The van der Waals surface area contributed by atoms with Crippen molar-refractivity contribution in [1.82, 2.24) is 0 Å². The molecule has 0 fully saturated rings. The van der Waals surface area contributed by atoms with Crippen LogP contribution in [0, 0.1) is 0 Å². The van der Waals surface area contributed by atoms with Gasteiger partial charge in [0.25, 0.3) is 0 Å². The molecule has 0 bridgehead atoms. The maximum Gasteiger partial charge on any atom is 0.426 e. The van der Waals surface area contributed by atoms with E-state index in [4.69, 9.17) is 9.05 Å². The molecule has 0 saturated heterocycles. The standard InChI is InChI=1S/C13H24F3O5P/c1-4-7-12(17)21-11(13(14,15)16)10-22(18,19-8-5-2)20-9-6-3/h11H,4-10H2,1-3H3. The maximum atomic E-state index is 13.0. The molecule has 5 nitrogen and oxygen atoms in total. The van der Waals surface area contributed by atoms with Crippen LogP contribution in [0.5, 0.6) is 0 Å². The highest BCUT2D eigenvalue weighted by atomic mass is 31.2. The number of alkyl halides is 3. The van der Waals surface area contributed by atoms with Crippen LogP contribution in [0.15, 0.2) is 0 Å². The summed E-state index contributed by atoms with van der Waals surface area (Å²) in [5, 5.41) is 0. The summed E-state index contributed by atoms with van der Waals surface area (Å²) in [6, 6.07) is 0. The van der Waals surface area contributed by atoms with Crippen molar-refractivity contribution in [2.24, 2.45) is 0 Å². The van der Waals surface area contributed by atoms with E-state index in [0.717, 1.165) is 0 Å². The van der Waals surface area contributed by atoms with Gasteiger partial charge in [-0.25, -0.2) is 0 Å². The first-order valence-electron chi connectivity index (χ1n) is 7.32. The maximum absolute atomic E-state index is 13.0. The van der Waals surface area contributed by atoms with Gasteiger partial charge in [-0.15, -0.1) is 0 Å². The Morgan fingerprint density at radius 2 is 1.55 bits per heavy atom. The molecule has 0 radical (unpaired) electrons. The lowest BCUT2D eigenvalue weighted by Gasteiger charge is -2.25. The lowest BCUT2D eigenvalue weighted by molar-refractivity contribution is -0.215. The molecular formula is C13H24F3O5P. The van der Waals surface area contributed by atoms with Gasteiger partial charge in [0, 0.05) is 6.42 Å². The normalized spacial score (nSPS) is 13.9. The topological polar surface area (TPSA) is 61.8 Å². The van der Waals surface area contributed by atoms with Gasteiger partial charge in [0.1, 0.15) is 0 Å². The number of hydrogen-bond donors (Lipinski definition) is 0. The zero-order valence-corrected chi connectivity index (χ0v) is 14.0. The van der Waals surface area contributed by atoms with E-state index in [1.807, 2.05) is 0 Å². The predicted octanol–water partition coefficient (Wildman–Crippen LogP) is 4.31. The fraction of sp³-hybridized carbons (Fsp3) is 0.923. The Kier molecular flexibility index (Phi) is 9.96. The molecular weight excluding hydrogens is 324 g/mol. The molecule has 0 aromatic rings. The van der Waals surface area contributed by atoms with E-state index >= 15 is 0 Å². The van der Waals surface area contributed by atoms with Gasteiger partial charge in [-0.3, -0.25) is 9.36 Å². The second kappa shape index (κ2) is 10.2. The monoisotopic (exact) mass is 348 g/mol. The van der Waals surface area contributed by atoms with Crippen LogP contribution in [0.25, 0.3) is 0 Å². The minimum atomic E-state index is -4.83. The molecule has 1 unspecified atom stereocenters. The Balaban J connectivity index is 5.02. The summed E-state index contributed by atoms with van der Waals surface area (Å²) < 4.78 is 65.7. The average Bonchev–Trinajstić information content (AvgIpc) is 2.42. The molecule has 1 atom stereocenters. The van der Waals surface area contributed by atoms with Crippen LogP contribution in [0.2, 0.25) is 0 Å². The lowest BCUT2D eigenvalue weighted by atomic mass is 10.3. The lowest BCUT2D eigenvalue weighted by Crippen LogP contribution is -2.37. The van der Waals surface area contributed by atoms with Gasteiger partial charge in [-0.2, -0.15) is 13.2 Å². The van der Waals surface area contributed by atoms with Crippen molar-refractivity contribution in [3.8, 4) is 0 Å². The Bertz CT molecular complexity index is 361. The quantitative estimate of drug-likeness (QED) is 0.411. The smallest absolute Gasteiger partial charge is 0.426 e. The highest BCUT2D eigenvalue weighted by Crippen LogP contribution is 2.51. The minimum Gasteiger partial charge on any atom is -0.452 e. The van der Waals surface area contributed by atoms with Crippen LogP contribution in [0.4, 0.5) is 13.2 Å². The van der Waals surface area contributed by atoms with Crippen LogP contribution in [-0.2, 0) is 23.1 Å². The van der Waals surface area contributed by atoms with Crippen molar-refractivity contribution in [1.29, 1.82) is 0 Å². The van der Waals surface area contributed by atoms with Crippen molar-refractivity contribution in [3.63, 3.8) is 0 Å². The zero-order valence-electron chi connectivity index (χ0n) is 13.1. The van der Waals surface area contributed by atoms with Crippen LogP contribution in [0.3, 0.4) is 0 Å². The first kappa shape index (κ1) is 21.4. The fourth-order valence-corrected chi connectivity index (χ4v) is 3.33. The summed E-state index contributed by atoms with van der Waals surface area (Å²) in [5.74, 6) is -0.984. The van der Waals surface area contributed by atoms with E-state index in [9.17, 15) is 22.5 Å².